The molecule has 1 N–H and O–H groups in total. The van der Waals surface area contributed by atoms with Gasteiger partial charge < -0.3 is 5.11 Å². The van der Waals surface area contributed by atoms with Gasteiger partial charge in [-0.1, -0.05) is 17.7 Å². The van der Waals surface area contributed by atoms with Crippen LogP contribution in [0, 0.1) is 6.92 Å². The molecule has 2 nitrogen and oxygen atoms in total. The zero-order valence-electron chi connectivity index (χ0n) is 7.65. The van der Waals surface area contributed by atoms with Crippen LogP contribution in [-0.4, -0.2) is 16.3 Å². The molecule has 0 spiro atoms. The van der Waals surface area contributed by atoms with Crippen molar-refractivity contribution in [3.63, 3.8) is 0 Å². The maximum absolute atomic E-state index is 10.5. The Kier molecular flexibility index (Phi) is 3.37. The molecule has 13 heavy (non-hydrogen) atoms. The van der Waals surface area contributed by atoms with Crippen molar-refractivity contribution in [1.82, 2.24) is 0 Å². The van der Waals surface area contributed by atoms with E-state index in [4.69, 9.17) is 5.11 Å². The van der Waals surface area contributed by atoms with Crippen LogP contribution in [0.1, 0.15) is 12.5 Å². The minimum Gasteiger partial charge on any atom is -0.480 e. The highest BCUT2D eigenvalue weighted by Gasteiger charge is 2.11. The van der Waals surface area contributed by atoms with E-state index in [0.717, 1.165) is 4.90 Å². The second-order valence-electron chi connectivity index (χ2n) is 2.91. The van der Waals surface area contributed by atoms with E-state index in [-0.39, 0.29) is 5.25 Å². The highest BCUT2D eigenvalue weighted by Crippen LogP contribution is 2.23. The van der Waals surface area contributed by atoms with Gasteiger partial charge in [0.05, 0.1) is 0 Å². The molecular formula is C10H12O2S. The molecule has 0 amide bonds. The number of benzene rings is 1. The van der Waals surface area contributed by atoms with Gasteiger partial charge in [-0.3, -0.25) is 4.79 Å². The third-order valence-electron chi connectivity index (χ3n) is 1.68. The molecule has 0 heterocycles. The summed E-state index contributed by atoms with van der Waals surface area (Å²) in [6.45, 7) is 3.70. The Bertz CT molecular complexity index is 292. The van der Waals surface area contributed by atoms with Gasteiger partial charge in [0.15, 0.2) is 0 Å². The van der Waals surface area contributed by atoms with Crippen LogP contribution in [0.5, 0.6) is 0 Å². The monoisotopic (exact) mass is 196 g/mol. The van der Waals surface area contributed by atoms with Gasteiger partial charge in [-0.15, -0.1) is 11.8 Å². The maximum atomic E-state index is 10.5. The van der Waals surface area contributed by atoms with E-state index >= 15 is 0 Å². The van der Waals surface area contributed by atoms with Crippen molar-refractivity contribution >= 4 is 17.7 Å². The summed E-state index contributed by atoms with van der Waals surface area (Å²) in [6.07, 6.45) is 0. The van der Waals surface area contributed by atoms with Crippen LogP contribution in [0.4, 0.5) is 0 Å². The van der Waals surface area contributed by atoms with Gasteiger partial charge in [0.1, 0.15) is 5.25 Å². The standard InChI is InChI=1S/C10H12O2S/c1-7-3-5-9(6-4-7)13-8(2)10(11)12/h3-6,8H,1-2H3,(H,11,12)/t8-/m1/s1. The molecule has 1 atom stereocenters. The molecule has 0 fully saturated rings. The molecule has 0 unspecified atom stereocenters. The second kappa shape index (κ2) is 4.33. The largest absolute Gasteiger partial charge is 0.480 e. The Balaban J connectivity index is 2.64. The number of aliphatic carboxylic acids is 1. The van der Waals surface area contributed by atoms with E-state index in [1.807, 2.05) is 31.2 Å². The van der Waals surface area contributed by atoms with Crippen LogP contribution >= 0.6 is 11.8 Å². The number of aryl methyl sites for hydroxylation is 1. The minimum atomic E-state index is -0.773. The molecule has 1 rings (SSSR count). The summed E-state index contributed by atoms with van der Waals surface area (Å²) in [5.74, 6) is -0.773. The lowest BCUT2D eigenvalue weighted by Gasteiger charge is -2.05. The first-order chi connectivity index (χ1) is 6.09. The molecule has 0 aliphatic heterocycles. The molecule has 1 aromatic carbocycles. The molecule has 0 radical (unpaired) electrons. The number of carbonyl (C=O) groups is 1. The summed E-state index contributed by atoms with van der Waals surface area (Å²) < 4.78 is 0. The normalized spacial score (nSPS) is 12.5. The zero-order chi connectivity index (χ0) is 9.84. The third-order valence-corrected chi connectivity index (χ3v) is 2.78. The fourth-order valence-electron chi connectivity index (χ4n) is 0.871. The molecule has 0 aliphatic rings. The molecule has 3 heteroatoms. The van der Waals surface area contributed by atoms with Gasteiger partial charge in [-0.2, -0.15) is 0 Å². The number of thioether (sulfide) groups is 1. The SMILES string of the molecule is Cc1ccc(S[C@H](C)C(=O)O)cc1. The van der Waals surface area contributed by atoms with Gasteiger partial charge in [0.2, 0.25) is 0 Å². The Hall–Kier alpha value is -0.960. The quantitative estimate of drug-likeness (QED) is 0.755. The van der Waals surface area contributed by atoms with E-state index in [1.165, 1.54) is 17.3 Å². The van der Waals surface area contributed by atoms with Crippen LogP contribution in [-0.2, 0) is 4.79 Å². The number of carboxylic acids is 1. The smallest absolute Gasteiger partial charge is 0.316 e. The molecule has 1 aromatic rings. The molecule has 0 bridgehead atoms. The van der Waals surface area contributed by atoms with Gasteiger partial charge in [0.25, 0.3) is 0 Å². The van der Waals surface area contributed by atoms with Crippen LogP contribution in [0.3, 0.4) is 0 Å². The zero-order valence-corrected chi connectivity index (χ0v) is 8.47. The number of rotatable bonds is 3. The lowest BCUT2D eigenvalue weighted by Crippen LogP contribution is -2.10. The molecule has 70 valence electrons. The highest BCUT2D eigenvalue weighted by molar-refractivity contribution is 8.00. The van der Waals surface area contributed by atoms with E-state index in [0.29, 0.717) is 0 Å². The third kappa shape index (κ3) is 3.11. The highest BCUT2D eigenvalue weighted by atomic mass is 32.2. The predicted molar refractivity (Wildman–Crippen MR) is 54.1 cm³/mol. The van der Waals surface area contributed by atoms with Gasteiger partial charge in [-0.25, -0.2) is 0 Å². The average Bonchev–Trinajstić information content (AvgIpc) is 2.08. The summed E-state index contributed by atoms with van der Waals surface area (Å²) in [4.78, 5) is 11.6. The van der Waals surface area contributed by atoms with Gasteiger partial charge in [0, 0.05) is 4.90 Å². The van der Waals surface area contributed by atoms with E-state index in [2.05, 4.69) is 0 Å². The van der Waals surface area contributed by atoms with E-state index in [9.17, 15) is 4.79 Å². The predicted octanol–water partition coefficient (Wildman–Crippen LogP) is 2.56. The Morgan fingerprint density at radius 2 is 1.92 bits per heavy atom. The average molecular weight is 196 g/mol. The topological polar surface area (TPSA) is 37.3 Å². The van der Waals surface area contributed by atoms with E-state index in [1.54, 1.807) is 6.92 Å². The molecule has 0 saturated heterocycles. The lowest BCUT2D eigenvalue weighted by molar-refractivity contribution is -0.136. The maximum Gasteiger partial charge on any atom is 0.316 e. The minimum absolute atomic E-state index is 0.386. The number of carboxylic acid groups (broad SMARTS) is 1. The summed E-state index contributed by atoms with van der Waals surface area (Å²) >= 11 is 1.36. The molecule has 0 aliphatic carbocycles. The Labute approximate surface area is 82.0 Å². The summed E-state index contributed by atoms with van der Waals surface area (Å²) in [7, 11) is 0. The Morgan fingerprint density at radius 1 is 1.38 bits per heavy atom. The van der Waals surface area contributed by atoms with Crippen LogP contribution in [0.15, 0.2) is 29.2 Å². The van der Waals surface area contributed by atoms with Gasteiger partial charge in [-0.05, 0) is 26.0 Å². The van der Waals surface area contributed by atoms with Crippen molar-refractivity contribution in [1.29, 1.82) is 0 Å². The van der Waals surface area contributed by atoms with Crippen LogP contribution in [0.25, 0.3) is 0 Å². The summed E-state index contributed by atoms with van der Waals surface area (Å²) in [5.41, 5.74) is 1.19. The van der Waals surface area contributed by atoms with Crippen molar-refractivity contribution in [3.8, 4) is 0 Å². The van der Waals surface area contributed by atoms with Crippen molar-refractivity contribution in [3.05, 3.63) is 29.8 Å². The second-order valence-corrected chi connectivity index (χ2v) is 4.33. The number of hydrogen-bond donors (Lipinski definition) is 1. The first kappa shape index (κ1) is 10.1. The fourth-order valence-corrected chi connectivity index (χ4v) is 1.67. The van der Waals surface area contributed by atoms with Crippen LogP contribution < -0.4 is 0 Å². The first-order valence-electron chi connectivity index (χ1n) is 4.05. The molecule has 0 aromatic heterocycles. The van der Waals surface area contributed by atoms with Crippen molar-refractivity contribution in [2.24, 2.45) is 0 Å². The van der Waals surface area contributed by atoms with Crippen molar-refractivity contribution in [2.75, 3.05) is 0 Å². The summed E-state index contributed by atoms with van der Waals surface area (Å²) in [5, 5.41) is 8.29. The molecular weight excluding hydrogens is 184 g/mol. The number of hydrogen-bond acceptors (Lipinski definition) is 2. The van der Waals surface area contributed by atoms with Crippen molar-refractivity contribution < 1.29 is 9.90 Å². The molecule has 0 saturated carbocycles. The first-order valence-corrected chi connectivity index (χ1v) is 4.93. The van der Waals surface area contributed by atoms with E-state index < -0.39 is 5.97 Å². The van der Waals surface area contributed by atoms with Crippen LogP contribution in [0.2, 0.25) is 0 Å². The Morgan fingerprint density at radius 3 is 2.38 bits per heavy atom. The lowest BCUT2D eigenvalue weighted by atomic mass is 10.2. The van der Waals surface area contributed by atoms with Crippen molar-refractivity contribution in [2.45, 2.75) is 24.0 Å². The fraction of sp³-hybridized carbons (Fsp3) is 0.300. The van der Waals surface area contributed by atoms with Gasteiger partial charge >= 0.3 is 5.97 Å². The summed E-state index contributed by atoms with van der Waals surface area (Å²) in [6, 6.07) is 7.85.